The van der Waals surface area contributed by atoms with Crippen LogP contribution in [0, 0.1) is 0 Å². The third-order valence-electron chi connectivity index (χ3n) is 2.74. The number of carboxylic acid groups (broad SMARTS) is 1. The molecule has 0 saturated heterocycles. The third-order valence-corrected chi connectivity index (χ3v) is 2.74. The Morgan fingerprint density at radius 2 is 2.21 bits per heavy atom. The van der Waals surface area contributed by atoms with Gasteiger partial charge in [-0.15, -0.1) is 0 Å². The third kappa shape index (κ3) is 1.45. The van der Waals surface area contributed by atoms with Crippen molar-refractivity contribution in [2.45, 2.75) is 25.3 Å². The van der Waals surface area contributed by atoms with Crippen molar-refractivity contribution in [3.05, 3.63) is 29.8 Å². The van der Waals surface area contributed by atoms with Gasteiger partial charge >= 0.3 is 5.97 Å². The molecule has 1 heterocycles. The second-order valence-corrected chi connectivity index (χ2v) is 3.72. The van der Waals surface area contributed by atoms with E-state index in [2.05, 4.69) is 5.32 Å². The Kier molecular flexibility index (Phi) is 2.15. The highest BCUT2D eigenvalue weighted by atomic mass is 16.4. The number of nitrogens with one attached hydrogen (secondary N) is 1. The Hall–Kier alpha value is -1.51. The Morgan fingerprint density at radius 1 is 1.50 bits per heavy atom. The molecule has 2 N–H and O–H groups in total. The quantitative estimate of drug-likeness (QED) is 0.752. The lowest BCUT2D eigenvalue weighted by Crippen LogP contribution is -2.18. The van der Waals surface area contributed by atoms with E-state index in [-0.39, 0.29) is 18.4 Å². The summed E-state index contributed by atoms with van der Waals surface area (Å²) in [7, 11) is 0. The number of anilines is 1. The van der Waals surface area contributed by atoms with E-state index in [4.69, 9.17) is 5.11 Å². The number of rotatable bonds is 2. The molecule has 1 aliphatic rings. The van der Waals surface area contributed by atoms with Crippen LogP contribution in [0.1, 0.15) is 24.8 Å². The number of hydrogen-bond acceptors (Lipinski definition) is 2. The average molecular weight is 191 g/mol. The number of carbonyl (C=O) groups is 1. The number of benzene rings is 1. The van der Waals surface area contributed by atoms with Crippen LogP contribution in [0.3, 0.4) is 0 Å². The normalized spacial score (nSPS) is 24.1. The summed E-state index contributed by atoms with van der Waals surface area (Å²) < 4.78 is 0. The molecule has 0 bridgehead atoms. The van der Waals surface area contributed by atoms with Gasteiger partial charge in [-0.3, -0.25) is 4.79 Å². The molecule has 0 amide bonds. The van der Waals surface area contributed by atoms with Crippen LogP contribution in [0.4, 0.5) is 5.69 Å². The van der Waals surface area contributed by atoms with Gasteiger partial charge in [0.2, 0.25) is 0 Å². The van der Waals surface area contributed by atoms with Crippen LogP contribution < -0.4 is 5.32 Å². The Morgan fingerprint density at radius 3 is 2.93 bits per heavy atom. The molecule has 1 aliphatic heterocycles. The first kappa shape index (κ1) is 9.06. The molecule has 3 nitrogen and oxygen atoms in total. The summed E-state index contributed by atoms with van der Waals surface area (Å²) >= 11 is 0. The predicted molar refractivity (Wildman–Crippen MR) is 54.5 cm³/mol. The van der Waals surface area contributed by atoms with Crippen LogP contribution in [0.25, 0.3) is 0 Å². The molecule has 2 rings (SSSR count). The van der Waals surface area contributed by atoms with Crippen LogP contribution in [-0.4, -0.2) is 17.1 Å². The van der Waals surface area contributed by atoms with Gasteiger partial charge in [-0.25, -0.2) is 0 Å². The van der Waals surface area contributed by atoms with Crippen molar-refractivity contribution in [1.29, 1.82) is 0 Å². The molecular formula is C11H13NO2. The second kappa shape index (κ2) is 3.33. The highest BCUT2D eigenvalue weighted by molar-refractivity contribution is 5.71. The maximum absolute atomic E-state index is 10.7. The van der Waals surface area contributed by atoms with Gasteiger partial charge in [-0.1, -0.05) is 18.2 Å². The molecule has 2 atom stereocenters. The molecule has 0 radical (unpaired) electrons. The largest absolute Gasteiger partial charge is 0.481 e. The van der Waals surface area contributed by atoms with Crippen LogP contribution in [0.2, 0.25) is 0 Å². The van der Waals surface area contributed by atoms with Gasteiger partial charge in [0.05, 0.1) is 6.42 Å². The van der Waals surface area contributed by atoms with Crippen molar-refractivity contribution >= 4 is 11.7 Å². The lowest BCUT2D eigenvalue weighted by atomic mass is 9.93. The maximum Gasteiger partial charge on any atom is 0.304 e. The Labute approximate surface area is 82.8 Å². The van der Waals surface area contributed by atoms with Crippen molar-refractivity contribution in [2.75, 3.05) is 5.32 Å². The number of carboxylic acids is 1. The van der Waals surface area contributed by atoms with Gasteiger partial charge < -0.3 is 10.4 Å². The molecular weight excluding hydrogens is 178 g/mol. The SMILES string of the molecule is CC1Nc2ccccc2C1CC(=O)O. The van der Waals surface area contributed by atoms with Gasteiger partial charge in [-0.2, -0.15) is 0 Å². The minimum atomic E-state index is -0.736. The van der Waals surface area contributed by atoms with Gasteiger partial charge in [0.15, 0.2) is 0 Å². The number of para-hydroxylation sites is 1. The fourth-order valence-corrected chi connectivity index (χ4v) is 2.04. The van der Waals surface area contributed by atoms with E-state index in [1.807, 2.05) is 31.2 Å². The van der Waals surface area contributed by atoms with Crippen molar-refractivity contribution in [3.63, 3.8) is 0 Å². The highest BCUT2D eigenvalue weighted by Gasteiger charge is 2.29. The maximum atomic E-state index is 10.7. The fourth-order valence-electron chi connectivity index (χ4n) is 2.04. The first-order valence-electron chi connectivity index (χ1n) is 4.75. The average Bonchev–Trinajstić information content (AvgIpc) is 2.43. The van der Waals surface area contributed by atoms with Crippen LogP contribution in [0.15, 0.2) is 24.3 Å². The number of hydrogen-bond donors (Lipinski definition) is 2. The topological polar surface area (TPSA) is 49.3 Å². The summed E-state index contributed by atoms with van der Waals surface area (Å²) in [6.45, 7) is 2.02. The summed E-state index contributed by atoms with van der Waals surface area (Å²) in [6, 6.07) is 8.12. The number of aliphatic carboxylic acids is 1. The fraction of sp³-hybridized carbons (Fsp3) is 0.364. The summed E-state index contributed by atoms with van der Waals surface area (Å²) in [4.78, 5) is 10.7. The monoisotopic (exact) mass is 191 g/mol. The van der Waals surface area contributed by atoms with E-state index in [1.165, 1.54) is 0 Å². The standard InChI is InChI=1S/C11H13NO2/c1-7-9(6-11(13)14)8-4-2-3-5-10(8)12-7/h2-5,7,9,12H,6H2,1H3,(H,13,14). The van der Waals surface area contributed by atoms with Crippen molar-refractivity contribution in [2.24, 2.45) is 0 Å². The molecule has 0 spiro atoms. The lowest BCUT2D eigenvalue weighted by molar-refractivity contribution is -0.137. The summed E-state index contributed by atoms with van der Waals surface area (Å²) in [6.07, 6.45) is 0.200. The summed E-state index contributed by atoms with van der Waals surface area (Å²) in [5.74, 6) is -0.635. The Bertz CT molecular complexity index is 362. The van der Waals surface area contributed by atoms with E-state index < -0.39 is 5.97 Å². The first-order chi connectivity index (χ1) is 6.68. The summed E-state index contributed by atoms with van der Waals surface area (Å²) in [5, 5.41) is 12.1. The van der Waals surface area contributed by atoms with Crippen LogP contribution in [-0.2, 0) is 4.79 Å². The molecule has 0 saturated carbocycles. The lowest BCUT2D eigenvalue weighted by Gasteiger charge is -2.13. The number of fused-ring (bicyclic) bond motifs is 1. The van der Waals surface area contributed by atoms with E-state index in [0.29, 0.717) is 0 Å². The molecule has 1 aromatic rings. The van der Waals surface area contributed by atoms with Crippen LogP contribution in [0.5, 0.6) is 0 Å². The molecule has 74 valence electrons. The molecule has 1 aromatic carbocycles. The van der Waals surface area contributed by atoms with E-state index >= 15 is 0 Å². The molecule has 3 heteroatoms. The molecule has 0 fully saturated rings. The van der Waals surface area contributed by atoms with E-state index in [9.17, 15) is 4.79 Å². The van der Waals surface area contributed by atoms with Crippen molar-refractivity contribution in [3.8, 4) is 0 Å². The van der Waals surface area contributed by atoms with Crippen molar-refractivity contribution in [1.82, 2.24) is 0 Å². The second-order valence-electron chi connectivity index (χ2n) is 3.72. The molecule has 2 unspecified atom stereocenters. The zero-order valence-electron chi connectivity index (χ0n) is 8.03. The van der Waals surface area contributed by atoms with Gasteiger partial charge in [-0.05, 0) is 18.6 Å². The zero-order chi connectivity index (χ0) is 10.1. The minimum absolute atomic E-state index is 0.101. The predicted octanol–water partition coefficient (Wildman–Crippen LogP) is 2.06. The molecule has 14 heavy (non-hydrogen) atoms. The van der Waals surface area contributed by atoms with Gasteiger partial charge in [0.25, 0.3) is 0 Å². The zero-order valence-corrected chi connectivity index (χ0v) is 8.03. The van der Waals surface area contributed by atoms with E-state index in [1.54, 1.807) is 0 Å². The van der Waals surface area contributed by atoms with E-state index in [0.717, 1.165) is 11.3 Å². The van der Waals surface area contributed by atoms with Gasteiger partial charge in [0, 0.05) is 17.6 Å². The smallest absolute Gasteiger partial charge is 0.304 e. The summed E-state index contributed by atoms with van der Waals surface area (Å²) in [5.41, 5.74) is 2.20. The Balaban J connectivity index is 2.30. The molecule has 0 aliphatic carbocycles. The van der Waals surface area contributed by atoms with Gasteiger partial charge in [0.1, 0.15) is 0 Å². The first-order valence-corrected chi connectivity index (χ1v) is 4.75. The highest BCUT2D eigenvalue weighted by Crippen LogP contribution is 2.37. The molecule has 0 aromatic heterocycles. The van der Waals surface area contributed by atoms with Crippen LogP contribution >= 0.6 is 0 Å². The van der Waals surface area contributed by atoms with Crippen molar-refractivity contribution < 1.29 is 9.90 Å². The minimum Gasteiger partial charge on any atom is -0.481 e.